The Balaban J connectivity index is 1.99. The summed E-state index contributed by atoms with van der Waals surface area (Å²) in [5.41, 5.74) is -0.409. The summed E-state index contributed by atoms with van der Waals surface area (Å²) in [7, 11) is 0. The van der Waals surface area contributed by atoms with Gasteiger partial charge >= 0.3 is 0 Å². The van der Waals surface area contributed by atoms with Gasteiger partial charge in [0.15, 0.2) is 0 Å². The van der Waals surface area contributed by atoms with Gasteiger partial charge in [-0.1, -0.05) is 11.6 Å². The van der Waals surface area contributed by atoms with Gasteiger partial charge in [-0.05, 0) is 32.0 Å². The van der Waals surface area contributed by atoms with E-state index in [0.29, 0.717) is 43.3 Å². The third kappa shape index (κ3) is 4.33. The van der Waals surface area contributed by atoms with Crippen LogP contribution in [0, 0.1) is 0 Å². The van der Waals surface area contributed by atoms with Gasteiger partial charge in [-0.25, -0.2) is 0 Å². The van der Waals surface area contributed by atoms with Crippen molar-refractivity contribution in [2.24, 2.45) is 0 Å². The lowest BCUT2D eigenvalue weighted by atomic mass is 10.1. The van der Waals surface area contributed by atoms with E-state index in [4.69, 9.17) is 11.6 Å². The van der Waals surface area contributed by atoms with Crippen molar-refractivity contribution in [3.8, 4) is 5.75 Å². The first-order valence-corrected chi connectivity index (χ1v) is 7.36. The summed E-state index contributed by atoms with van der Waals surface area (Å²) in [6.07, 6.45) is 0. The monoisotopic (exact) mass is 312 g/mol. The standard InChI is InChI=1S/C15H21ClN2O3/c1-15(2,21)10-17-5-7-18(8-6-17)14(20)12-9-11(19)3-4-13(12)16/h3-4,9,19,21H,5-8,10H2,1-2H3. The van der Waals surface area contributed by atoms with Gasteiger partial charge in [0.25, 0.3) is 5.91 Å². The van der Waals surface area contributed by atoms with E-state index in [2.05, 4.69) is 4.90 Å². The molecule has 21 heavy (non-hydrogen) atoms. The predicted molar refractivity (Wildman–Crippen MR) is 81.8 cm³/mol. The molecule has 116 valence electrons. The van der Waals surface area contributed by atoms with E-state index in [9.17, 15) is 15.0 Å². The molecule has 1 aromatic rings. The van der Waals surface area contributed by atoms with E-state index in [1.54, 1.807) is 18.7 Å². The molecule has 2 rings (SSSR count). The van der Waals surface area contributed by atoms with Crippen molar-refractivity contribution in [3.63, 3.8) is 0 Å². The van der Waals surface area contributed by atoms with Crippen molar-refractivity contribution in [1.29, 1.82) is 0 Å². The fourth-order valence-electron chi connectivity index (χ4n) is 2.50. The lowest BCUT2D eigenvalue weighted by Gasteiger charge is -2.37. The molecule has 1 fully saturated rings. The van der Waals surface area contributed by atoms with Crippen LogP contribution in [-0.2, 0) is 0 Å². The normalized spacial score (nSPS) is 17.0. The number of aliphatic hydroxyl groups is 1. The van der Waals surface area contributed by atoms with Gasteiger partial charge in [0.2, 0.25) is 0 Å². The molecule has 0 saturated carbocycles. The molecule has 1 aliphatic heterocycles. The van der Waals surface area contributed by atoms with Crippen LogP contribution in [0.5, 0.6) is 5.75 Å². The van der Waals surface area contributed by atoms with Crippen LogP contribution >= 0.6 is 11.6 Å². The number of hydrogen-bond donors (Lipinski definition) is 2. The molecule has 1 aliphatic rings. The number of aromatic hydroxyl groups is 1. The Labute approximate surface area is 129 Å². The Kier molecular flexibility index (Phi) is 4.76. The second-order valence-corrected chi connectivity index (χ2v) is 6.45. The van der Waals surface area contributed by atoms with Crippen LogP contribution in [0.3, 0.4) is 0 Å². The van der Waals surface area contributed by atoms with Gasteiger partial charge in [0.05, 0.1) is 16.2 Å². The Bertz CT molecular complexity index is 520. The number of rotatable bonds is 3. The quantitative estimate of drug-likeness (QED) is 0.889. The average molecular weight is 313 g/mol. The highest BCUT2D eigenvalue weighted by Crippen LogP contribution is 2.23. The maximum Gasteiger partial charge on any atom is 0.255 e. The largest absolute Gasteiger partial charge is 0.508 e. The Hall–Kier alpha value is -1.30. The third-order valence-corrected chi connectivity index (χ3v) is 3.78. The second-order valence-electron chi connectivity index (χ2n) is 6.04. The lowest BCUT2D eigenvalue weighted by molar-refractivity contribution is 0.0178. The number of amides is 1. The van der Waals surface area contributed by atoms with Gasteiger partial charge < -0.3 is 15.1 Å². The molecule has 0 radical (unpaired) electrons. The van der Waals surface area contributed by atoms with Crippen LogP contribution < -0.4 is 0 Å². The molecule has 1 aromatic carbocycles. The molecule has 1 heterocycles. The zero-order valence-corrected chi connectivity index (χ0v) is 13.1. The number of halogens is 1. The van der Waals surface area contributed by atoms with Crippen LogP contribution in [0.4, 0.5) is 0 Å². The van der Waals surface area contributed by atoms with E-state index in [0.717, 1.165) is 0 Å². The Morgan fingerprint density at radius 2 is 1.90 bits per heavy atom. The van der Waals surface area contributed by atoms with Gasteiger partial charge in [0, 0.05) is 32.7 Å². The SMILES string of the molecule is CC(C)(O)CN1CCN(C(=O)c2cc(O)ccc2Cl)CC1. The lowest BCUT2D eigenvalue weighted by Crippen LogP contribution is -2.52. The molecule has 5 nitrogen and oxygen atoms in total. The number of phenols is 1. The van der Waals surface area contributed by atoms with Crippen molar-refractivity contribution < 1.29 is 15.0 Å². The maximum absolute atomic E-state index is 12.4. The van der Waals surface area contributed by atoms with Crippen LogP contribution in [0.15, 0.2) is 18.2 Å². The van der Waals surface area contributed by atoms with Crippen molar-refractivity contribution in [1.82, 2.24) is 9.80 Å². The first kappa shape index (κ1) is 16.1. The average Bonchev–Trinajstić information content (AvgIpc) is 2.40. The maximum atomic E-state index is 12.4. The smallest absolute Gasteiger partial charge is 0.255 e. The number of piperazine rings is 1. The minimum Gasteiger partial charge on any atom is -0.508 e. The Morgan fingerprint density at radius 3 is 2.48 bits per heavy atom. The molecule has 0 atom stereocenters. The highest BCUT2D eigenvalue weighted by atomic mass is 35.5. The molecule has 1 saturated heterocycles. The number of carbonyl (C=O) groups is 1. The molecule has 0 spiro atoms. The zero-order valence-electron chi connectivity index (χ0n) is 12.3. The van der Waals surface area contributed by atoms with Gasteiger partial charge in [-0.2, -0.15) is 0 Å². The number of hydrogen-bond acceptors (Lipinski definition) is 4. The first-order chi connectivity index (χ1) is 9.76. The van der Waals surface area contributed by atoms with E-state index < -0.39 is 5.60 Å². The minimum atomic E-state index is -0.735. The summed E-state index contributed by atoms with van der Waals surface area (Å²) in [6.45, 7) is 6.73. The summed E-state index contributed by atoms with van der Waals surface area (Å²) in [5.74, 6) is -0.137. The molecule has 0 bridgehead atoms. The summed E-state index contributed by atoms with van der Waals surface area (Å²) in [5, 5.41) is 19.7. The minimum absolute atomic E-state index is 0.0309. The van der Waals surface area contributed by atoms with Gasteiger partial charge in [-0.3, -0.25) is 9.69 Å². The molecule has 1 amide bonds. The van der Waals surface area contributed by atoms with Crippen molar-refractivity contribution in [3.05, 3.63) is 28.8 Å². The summed E-state index contributed by atoms with van der Waals surface area (Å²) in [6, 6.07) is 4.38. The van der Waals surface area contributed by atoms with Crippen molar-refractivity contribution in [2.45, 2.75) is 19.4 Å². The third-order valence-electron chi connectivity index (χ3n) is 3.45. The predicted octanol–water partition coefficient (Wildman–Crippen LogP) is 1.57. The molecule has 2 N–H and O–H groups in total. The van der Waals surface area contributed by atoms with Crippen molar-refractivity contribution in [2.75, 3.05) is 32.7 Å². The van der Waals surface area contributed by atoms with Crippen LogP contribution in [0.1, 0.15) is 24.2 Å². The first-order valence-electron chi connectivity index (χ1n) is 6.99. The highest BCUT2D eigenvalue weighted by molar-refractivity contribution is 6.33. The highest BCUT2D eigenvalue weighted by Gasteiger charge is 2.26. The fraction of sp³-hybridized carbons (Fsp3) is 0.533. The van der Waals surface area contributed by atoms with Crippen molar-refractivity contribution >= 4 is 17.5 Å². The van der Waals surface area contributed by atoms with E-state index in [1.807, 2.05) is 0 Å². The number of phenolic OH excluding ortho intramolecular Hbond substituents is 1. The van der Waals surface area contributed by atoms with E-state index in [-0.39, 0.29) is 11.7 Å². The summed E-state index contributed by atoms with van der Waals surface area (Å²) < 4.78 is 0. The fourth-order valence-corrected chi connectivity index (χ4v) is 2.70. The van der Waals surface area contributed by atoms with Crippen LogP contribution in [0.2, 0.25) is 5.02 Å². The Morgan fingerprint density at radius 1 is 1.29 bits per heavy atom. The summed E-state index contributed by atoms with van der Waals surface area (Å²) >= 11 is 6.02. The number of nitrogens with zero attached hydrogens (tertiary/aromatic N) is 2. The molecule has 0 unspecified atom stereocenters. The van der Waals surface area contributed by atoms with E-state index >= 15 is 0 Å². The molecule has 6 heteroatoms. The van der Waals surface area contributed by atoms with Crippen LogP contribution in [-0.4, -0.2) is 64.2 Å². The zero-order chi connectivity index (χ0) is 15.6. The molecular formula is C15H21ClN2O3. The van der Waals surface area contributed by atoms with Gasteiger partial charge in [-0.15, -0.1) is 0 Å². The number of carbonyl (C=O) groups excluding carboxylic acids is 1. The van der Waals surface area contributed by atoms with Gasteiger partial charge in [0.1, 0.15) is 5.75 Å². The second kappa shape index (κ2) is 6.22. The van der Waals surface area contributed by atoms with Crippen LogP contribution in [0.25, 0.3) is 0 Å². The summed E-state index contributed by atoms with van der Waals surface area (Å²) in [4.78, 5) is 16.3. The molecular weight excluding hydrogens is 292 g/mol. The van der Waals surface area contributed by atoms with E-state index in [1.165, 1.54) is 18.2 Å². The molecule has 0 aliphatic carbocycles. The topological polar surface area (TPSA) is 64.0 Å². The molecule has 0 aromatic heterocycles. The number of benzene rings is 1. The number of β-amino-alcohol motifs (C(OH)–C–C–N with tert-alkyl or cyclic N) is 1.